The average Bonchev–Trinajstić information content (AvgIpc) is 3.79. The van der Waals surface area contributed by atoms with E-state index in [9.17, 15) is 23.7 Å². The van der Waals surface area contributed by atoms with Crippen molar-refractivity contribution in [3.8, 4) is 0 Å². The van der Waals surface area contributed by atoms with Crippen LogP contribution >= 0.6 is 27.2 Å². The van der Waals surface area contributed by atoms with E-state index in [1.54, 1.807) is 0 Å². The summed E-state index contributed by atoms with van der Waals surface area (Å²) in [6.45, 7) is -1.46. The molecule has 4 saturated heterocycles. The van der Waals surface area contributed by atoms with Gasteiger partial charge in [0, 0.05) is 6.42 Å². The van der Waals surface area contributed by atoms with Crippen molar-refractivity contribution in [3.05, 3.63) is 11.2 Å². The number of hydrogen-bond acceptors (Lipinski definition) is 19. The van der Waals surface area contributed by atoms with E-state index in [2.05, 4.69) is 29.6 Å². The van der Waals surface area contributed by atoms with E-state index >= 15 is 0 Å². The third-order valence-corrected chi connectivity index (χ3v) is 11.1. The summed E-state index contributed by atoms with van der Waals surface area (Å²) in [7, 11) is -9.67. The van der Waals surface area contributed by atoms with Gasteiger partial charge in [0.2, 0.25) is 0 Å². The minimum Gasteiger partial charge on any atom is -0.382 e. The highest BCUT2D eigenvalue weighted by atomic mass is 32.1. The second kappa shape index (κ2) is 10.4. The molecule has 4 fully saturated rings. The fourth-order valence-electron chi connectivity index (χ4n) is 6.17. The van der Waals surface area contributed by atoms with E-state index < -0.39 is 89.3 Å². The molecule has 2 bridgehead atoms. The number of phosphoric acid groups is 2. The Labute approximate surface area is 256 Å². The summed E-state index contributed by atoms with van der Waals surface area (Å²) in [4.78, 5) is 52.5. The number of nitrogen functional groups attached to an aromatic ring is 1. The third-order valence-electron chi connectivity index (χ3n) is 8.21. The lowest BCUT2D eigenvalue weighted by molar-refractivity contribution is -0.196. The fraction of sp³-hybridized carbons (Fsp3) is 0.619. The molecule has 2 aromatic rings. The van der Waals surface area contributed by atoms with Gasteiger partial charge in [0.15, 0.2) is 30.2 Å². The van der Waals surface area contributed by atoms with Crippen molar-refractivity contribution in [3.63, 3.8) is 0 Å². The quantitative estimate of drug-likeness (QED) is 0.224. The summed E-state index contributed by atoms with van der Waals surface area (Å²) < 4.78 is 70.9. The molecule has 6 aliphatic rings. The van der Waals surface area contributed by atoms with Gasteiger partial charge in [-0.15, -0.1) is 0 Å². The maximum absolute atomic E-state index is 13.3. The van der Waals surface area contributed by atoms with Gasteiger partial charge in [-0.3, -0.25) is 33.2 Å². The number of nitrogens with one attached hydrogen (secondary N) is 1. The molecule has 242 valence electrons. The van der Waals surface area contributed by atoms with Gasteiger partial charge in [-0.2, -0.15) is 4.37 Å². The first-order valence-electron chi connectivity index (χ1n) is 13.5. The van der Waals surface area contributed by atoms with Gasteiger partial charge in [-0.1, -0.05) is 0 Å². The number of rotatable bonds is 2. The van der Waals surface area contributed by atoms with Crippen molar-refractivity contribution in [1.29, 1.82) is 0 Å². The standard InChI is InChI=1S/C21H25N9O12P2S/c22-16-11-10(24-5-25-16)14(45-29-11)8-1-7-9(39-8)2-37-43(32,33)42-15-13-19(30-6-26-12-17(30)27-20(23)28-18(12)31)40-21(15,3-36-13)4-38-44(34,35)41-7/h5-9,12-13,15,17,19H,1-4H2,(H,32,33)(H,34,35)(H2,22,24,25)(H3,23,27,28,31)/t7-,8+,9+,12?,13+,15-,17?,19+,21+/m0/s1. The Balaban J connectivity index is 1.06. The second-order valence-corrected chi connectivity index (χ2v) is 14.6. The Bertz CT molecular complexity index is 1730. The zero-order chi connectivity index (χ0) is 31.3. The van der Waals surface area contributed by atoms with Gasteiger partial charge in [-0.05, 0) is 11.5 Å². The van der Waals surface area contributed by atoms with Gasteiger partial charge >= 0.3 is 15.6 Å². The predicted molar refractivity (Wildman–Crippen MR) is 148 cm³/mol. The molecule has 0 radical (unpaired) electrons. The Hall–Kier alpha value is -2.72. The molecule has 0 aliphatic carbocycles. The summed E-state index contributed by atoms with van der Waals surface area (Å²) in [5.41, 5.74) is 10.8. The number of carbonyl (C=O) groups is 1. The molecule has 24 heteroatoms. The molecule has 1 amide bonds. The average molecular weight is 689 g/mol. The number of fused-ring (bicyclic) bond motifs is 3. The Morgan fingerprint density at radius 2 is 1.91 bits per heavy atom. The van der Waals surface area contributed by atoms with Gasteiger partial charge in [0.25, 0.3) is 5.91 Å². The van der Waals surface area contributed by atoms with Crippen molar-refractivity contribution in [2.24, 2.45) is 15.7 Å². The monoisotopic (exact) mass is 689 g/mol. The molecule has 8 heterocycles. The lowest BCUT2D eigenvalue weighted by Crippen LogP contribution is -2.57. The molecule has 6 aliphatic heterocycles. The molecule has 8 rings (SSSR count). The van der Waals surface area contributed by atoms with Crippen LogP contribution in [0.25, 0.3) is 11.0 Å². The highest BCUT2D eigenvalue weighted by Crippen LogP contribution is 2.57. The number of amides is 1. The Morgan fingerprint density at radius 3 is 2.76 bits per heavy atom. The molecular formula is C21H25N9O12P2S. The van der Waals surface area contributed by atoms with Crippen molar-refractivity contribution < 1.29 is 56.0 Å². The van der Waals surface area contributed by atoms with E-state index in [-0.39, 0.29) is 24.8 Å². The number of nitrogens with two attached hydrogens (primary N) is 2. The predicted octanol–water partition coefficient (Wildman–Crippen LogP) is -1.51. The van der Waals surface area contributed by atoms with Crippen LogP contribution in [0.5, 0.6) is 0 Å². The van der Waals surface area contributed by atoms with E-state index in [1.807, 2.05) is 0 Å². The summed E-state index contributed by atoms with van der Waals surface area (Å²) in [6.07, 6.45) is -4.75. The van der Waals surface area contributed by atoms with Gasteiger partial charge in [-0.25, -0.2) is 24.1 Å². The maximum Gasteiger partial charge on any atom is 0.472 e. The Kier molecular flexibility index (Phi) is 6.85. The van der Waals surface area contributed by atoms with Crippen LogP contribution in [0.2, 0.25) is 0 Å². The molecule has 4 unspecified atom stereocenters. The van der Waals surface area contributed by atoms with Crippen LogP contribution < -0.4 is 16.8 Å². The first-order valence-corrected chi connectivity index (χ1v) is 17.3. The normalized spacial score (nSPS) is 44.5. The van der Waals surface area contributed by atoms with Gasteiger partial charge < -0.3 is 40.4 Å². The van der Waals surface area contributed by atoms with Crippen LogP contribution in [0.15, 0.2) is 16.3 Å². The van der Waals surface area contributed by atoms with Gasteiger partial charge in [0.1, 0.15) is 47.4 Å². The molecule has 2 aromatic heterocycles. The number of hydrogen-bond donors (Lipinski definition) is 5. The van der Waals surface area contributed by atoms with Crippen LogP contribution in [-0.2, 0) is 46.2 Å². The zero-order valence-corrected chi connectivity index (χ0v) is 25.3. The highest BCUT2D eigenvalue weighted by Gasteiger charge is 2.67. The van der Waals surface area contributed by atoms with Crippen LogP contribution in [0.3, 0.4) is 0 Å². The summed E-state index contributed by atoms with van der Waals surface area (Å²) in [5, 5.41) is 2.39. The summed E-state index contributed by atoms with van der Waals surface area (Å²) >= 11 is 1.05. The van der Waals surface area contributed by atoms with Crippen molar-refractivity contribution in [2.45, 2.75) is 61.0 Å². The summed E-state index contributed by atoms with van der Waals surface area (Å²) in [6, 6.07) is -0.935. The minimum atomic E-state index is -4.86. The smallest absolute Gasteiger partial charge is 0.382 e. The van der Waals surface area contributed by atoms with Crippen LogP contribution in [-0.4, -0.2) is 116 Å². The largest absolute Gasteiger partial charge is 0.472 e. The van der Waals surface area contributed by atoms with E-state index in [1.165, 1.54) is 17.6 Å². The first-order chi connectivity index (χ1) is 21.4. The third kappa shape index (κ3) is 4.96. The number of ether oxygens (including phenoxy) is 3. The van der Waals surface area contributed by atoms with E-state index in [4.69, 9.17) is 43.8 Å². The van der Waals surface area contributed by atoms with Crippen molar-refractivity contribution in [1.82, 2.24) is 24.6 Å². The molecule has 0 spiro atoms. The maximum atomic E-state index is 13.3. The zero-order valence-electron chi connectivity index (χ0n) is 22.7. The highest BCUT2D eigenvalue weighted by molar-refractivity contribution is 7.47. The van der Waals surface area contributed by atoms with Crippen LogP contribution in [0, 0.1) is 0 Å². The number of nitrogens with zero attached hydrogens (tertiary/aromatic N) is 6. The number of carbonyl (C=O) groups excluding carboxylic acids is 1. The van der Waals surface area contributed by atoms with Gasteiger partial charge in [0.05, 0.1) is 37.1 Å². The van der Waals surface area contributed by atoms with Crippen LogP contribution in [0.1, 0.15) is 17.4 Å². The van der Waals surface area contributed by atoms with Crippen LogP contribution in [0.4, 0.5) is 5.82 Å². The molecule has 0 saturated carbocycles. The number of phosphoric ester groups is 2. The second-order valence-electron chi connectivity index (χ2n) is 11.0. The SMILES string of the molecule is NC1=NC2C(N=CN2[C@@H]2O[C@@]34CO[C@@H]2[C@@H]3OP(=O)(O)OC[C@H]2O[C@@H](c3snc5c(N)ncnc35)C[C@@H]2OP(=O)(O)OC4)C(=O)N1. The molecule has 7 N–H and O–H groups in total. The lowest BCUT2D eigenvalue weighted by atomic mass is 10.0. The summed E-state index contributed by atoms with van der Waals surface area (Å²) in [5.74, 6) is -0.446. The molecule has 21 nitrogen and oxygen atoms in total. The first kappa shape index (κ1) is 29.7. The fourth-order valence-corrected chi connectivity index (χ4v) is 9.05. The van der Waals surface area contributed by atoms with E-state index in [0.29, 0.717) is 15.9 Å². The molecule has 45 heavy (non-hydrogen) atoms. The minimum absolute atomic E-state index is 0.0192. The molecule has 0 aromatic carbocycles. The lowest BCUT2D eigenvalue weighted by Gasteiger charge is -2.37. The number of aliphatic imine (C=N–C) groups is 2. The Morgan fingerprint density at radius 1 is 1.09 bits per heavy atom. The van der Waals surface area contributed by atoms with Crippen molar-refractivity contribution >= 4 is 62.2 Å². The van der Waals surface area contributed by atoms with E-state index in [0.717, 1.165) is 11.5 Å². The molecule has 11 atom stereocenters. The number of anilines is 1. The molecular weight excluding hydrogens is 664 g/mol. The van der Waals surface area contributed by atoms with Crippen molar-refractivity contribution in [2.75, 3.05) is 25.6 Å². The topological polar surface area (TPSA) is 287 Å². The number of aromatic nitrogens is 3. The number of guanidine groups is 1.